The number of rotatable bonds is 2. The first-order chi connectivity index (χ1) is 9.63. The van der Waals surface area contributed by atoms with Crippen LogP contribution in [-0.2, 0) is 0 Å². The van der Waals surface area contributed by atoms with Gasteiger partial charge in [0.2, 0.25) is 0 Å². The lowest BCUT2D eigenvalue weighted by molar-refractivity contribution is 0.0697. The van der Waals surface area contributed by atoms with Gasteiger partial charge in [0.1, 0.15) is 0 Å². The Bertz CT molecular complexity index is 814. The Balaban J connectivity index is 2.16. The minimum atomic E-state index is -0.944. The molecule has 0 saturated heterocycles. The monoisotopic (exact) mass is 283 g/mol. The Morgan fingerprint density at radius 1 is 1.05 bits per heavy atom. The van der Waals surface area contributed by atoms with Crippen LogP contribution in [0.2, 0.25) is 5.02 Å². The van der Waals surface area contributed by atoms with Crippen LogP contribution in [0.1, 0.15) is 10.4 Å². The third kappa shape index (κ3) is 2.36. The van der Waals surface area contributed by atoms with Crippen molar-refractivity contribution in [2.45, 2.75) is 0 Å². The molecule has 1 aromatic heterocycles. The van der Waals surface area contributed by atoms with E-state index in [1.54, 1.807) is 24.4 Å². The number of aromatic nitrogens is 1. The van der Waals surface area contributed by atoms with Crippen molar-refractivity contribution in [3.63, 3.8) is 0 Å². The van der Waals surface area contributed by atoms with Crippen molar-refractivity contribution in [2.75, 3.05) is 0 Å². The average Bonchev–Trinajstić information content (AvgIpc) is 2.46. The van der Waals surface area contributed by atoms with Gasteiger partial charge in [-0.25, -0.2) is 4.79 Å². The minimum absolute atomic E-state index is 0.252. The number of hydrogen-bond donors (Lipinski definition) is 1. The Labute approximate surface area is 120 Å². The molecular formula is C16H10ClNO2. The fraction of sp³-hybridized carbons (Fsp3) is 0. The van der Waals surface area contributed by atoms with Gasteiger partial charge in [-0.05, 0) is 42.0 Å². The van der Waals surface area contributed by atoms with E-state index in [4.69, 9.17) is 16.7 Å². The molecule has 20 heavy (non-hydrogen) atoms. The molecule has 0 amide bonds. The standard InChI is InChI=1S/C16H10ClNO2/c17-14-3-1-2-10(8-14)13-7-12-6-11(16(19)20)4-5-15(12)18-9-13/h1-9H,(H,19,20). The number of hydrogen-bond acceptors (Lipinski definition) is 2. The second-order valence-electron chi connectivity index (χ2n) is 4.45. The summed E-state index contributed by atoms with van der Waals surface area (Å²) in [4.78, 5) is 15.4. The molecule has 3 rings (SSSR count). The molecular weight excluding hydrogens is 274 g/mol. The van der Waals surface area contributed by atoms with Crippen LogP contribution in [0.15, 0.2) is 54.7 Å². The molecule has 98 valence electrons. The van der Waals surface area contributed by atoms with Crippen molar-refractivity contribution in [3.8, 4) is 11.1 Å². The highest BCUT2D eigenvalue weighted by atomic mass is 35.5. The van der Waals surface area contributed by atoms with Crippen LogP contribution < -0.4 is 0 Å². The van der Waals surface area contributed by atoms with E-state index in [1.807, 2.05) is 30.3 Å². The Kier molecular flexibility index (Phi) is 3.12. The predicted octanol–water partition coefficient (Wildman–Crippen LogP) is 4.25. The first-order valence-electron chi connectivity index (χ1n) is 6.02. The third-order valence-corrected chi connectivity index (χ3v) is 3.32. The Morgan fingerprint density at radius 3 is 2.65 bits per heavy atom. The molecule has 0 spiro atoms. The van der Waals surface area contributed by atoms with E-state index < -0.39 is 5.97 Å². The number of carboxylic acids is 1. The van der Waals surface area contributed by atoms with E-state index in [0.29, 0.717) is 5.02 Å². The highest BCUT2D eigenvalue weighted by Crippen LogP contribution is 2.25. The van der Waals surface area contributed by atoms with Crippen LogP contribution in [0.5, 0.6) is 0 Å². The normalized spacial score (nSPS) is 10.7. The summed E-state index contributed by atoms with van der Waals surface area (Å²) in [7, 11) is 0. The topological polar surface area (TPSA) is 50.2 Å². The second kappa shape index (κ2) is 4.94. The van der Waals surface area contributed by atoms with Gasteiger partial charge in [0, 0.05) is 22.2 Å². The molecule has 0 bridgehead atoms. The molecule has 0 unspecified atom stereocenters. The smallest absolute Gasteiger partial charge is 0.335 e. The van der Waals surface area contributed by atoms with E-state index in [1.165, 1.54) is 0 Å². The quantitative estimate of drug-likeness (QED) is 0.765. The SMILES string of the molecule is O=C(O)c1ccc2ncc(-c3cccc(Cl)c3)cc2c1. The van der Waals surface area contributed by atoms with Crippen molar-refractivity contribution >= 4 is 28.5 Å². The van der Waals surface area contributed by atoms with E-state index in [-0.39, 0.29) is 5.56 Å². The number of benzene rings is 2. The van der Waals surface area contributed by atoms with Gasteiger partial charge >= 0.3 is 5.97 Å². The Hall–Kier alpha value is -2.39. The van der Waals surface area contributed by atoms with Gasteiger partial charge in [0.05, 0.1) is 11.1 Å². The van der Waals surface area contributed by atoms with Crippen LogP contribution in [-0.4, -0.2) is 16.1 Å². The summed E-state index contributed by atoms with van der Waals surface area (Å²) in [6.45, 7) is 0. The summed E-state index contributed by atoms with van der Waals surface area (Å²) >= 11 is 5.98. The number of carbonyl (C=O) groups is 1. The second-order valence-corrected chi connectivity index (χ2v) is 4.88. The summed E-state index contributed by atoms with van der Waals surface area (Å²) < 4.78 is 0. The van der Waals surface area contributed by atoms with Crippen LogP contribution >= 0.6 is 11.6 Å². The number of nitrogens with zero attached hydrogens (tertiary/aromatic N) is 1. The van der Waals surface area contributed by atoms with E-state index in [0.717, 1.165) is 22.0 Å². The molecule has 0 aliphatic heterocycles. The zero-order chi connectivity index (χ0) is 14.1. The van der Waals surface area contributed by atoms with Gasteiger partial charge in [-0.1, -0.05) is 23.7 Å². The molecule has 3 nitrogen and oxygen atoms in total. The van der Waals surface area contributed by atoms with E-state index in [2.05, 4.69) is 4.98 Å². The maximum Gasteiger partial charge on any atom is 0.335 e. The largest absolute Gasteiger partial charge is 0.478 e. The highest BCUT2D eigenvalue weighted by Gasteiger charge is 2.06. The summed E-state index contributed by atoms with van der Waals surface area (Å²) in [5.74, 6) is -0.944. The van der Waals surface area contributed by atoms with Gasteiger partial charge in [-0.2, -0.15) is 0 Å². The first-order valence-corrected chi connectivity index (χ1v) is 6.40. The van der Waals surface area contributed by atoms with Crippen molar-refractivity contribution in [1.29, 1.82) is 0 Å². The molecule has 1 N–H and O–H groups in total. The molecule has 0 saturated carbocycles. The molecule has 0 aliphatic rings. The van der Waals surface area contributed by atoms with Crippen LogP contribution in [0, 0.1) is 0 Å². The lowest BCUT2D eigenvalue weighted by Gasteiger charge is -2.05. The third-order valence-electron chi connectivity index (χ3n) is 3.09. The number of aromatic carboxylic acids is 1. The number of halogens is 1. The summed E-state index contributed by atoms with van der Waals surface area (Å²) in [6.07, 6.45) is 1.76. The Morgan fingerprint density at radius 2 is 1.90 bits per heavy atom. The predicted molar refractivity (Wildman–Crippen MR) is 79.1 cm³/mol. The summed E-state index contributed by atoms with van der Waals surface area (Å²) in [6, 6.07) is 14.3. The molecule has 0 radical (unpaired) electrons. The van der Waals surface area contributed by atoms with Crippen molar-refractivity contribution in [2.24, 2.45) is 0 Å². The van der Waals surface area contributed by atoms with E-state index in [9.17, 15) is 4.79 Å². The zero-order valence-corrected chi connectivity index (χ0v) is 11.1. The molecule has 1 heterocycles. The fourth-order valence-corrected chi connectivity index (χ4v) is 2.28. The number of pyridine rings is 1. The lowest BCUT2D eigenvalue weighted by atomic mass is 10.0. The summed E-state index contributed by atoms with van der Waals surface area (Å²) in [5.41, 5.74) is 2.87. The maximum absolute atomic E-state index is 11.0. The van der Waals surface area contributed by atoms with Gasteiger partial charge in [0.25, 0.3) is 0 Å². The zero-order valence-electron chi connectivity index (χ0n) is 10.4. The average molecular weight is 284 g/mol. The first kappa shape index (κ1) is 12.6. The summed E-state index contributed by atoms with van der Waals surface area (Å²) in [5, 5.41) is 10.5. The van der Waals surface area contributed by atoms with Crippen molar-refractivity contribution in [1.82, 2.24) is 4.98 Å². The molecule has 0 fully saturated rings. The van der Waals surface area contributed by atoms with Crippen LogP contribution in [0.4, 0.5) is 0 Å². The van der Waals surface area contributed by atoms with Crippen LogP contribution in [0.25, 0.3) is 22.0 Å². The van der Waals surface area contributed by atoms with Gasteiger partial charge in [0.15, 0.2) is 0 Å². The number of fused-ring (bicyclic) bond motifs is 1. The van der Waals surface area contributed by atoms with Gasteiger partial charge < -0.3 is 5.11 Å². The van der Waals surface area contributed by atoms with Gasteiger partial charge in [-0.15, -0.1) is 0 Å². The van der Waals surface area contributed by atoms with Crippen molar-refractivity contribution in [3.05, 3.63) is 65.3 Å². The fourth-order valence-electron chi connectivity index (χ4n) is 2.09. The molecule has 0 aliphatic carbocycles. The molecule has 4 heteroatoms. The molecule has 0 atom stereocenters. The lowest BCUT2D eigenvalue weighted by Crippen LogP contribution is -1.95. The van der Waals surface area contributed by atoms with Crippen LogP contribution in [0.3, 0.4) is 0 Å². The van der Waals surface area contributed by atoms with Gasteiger partial charge in [-0.3, -0.25) is 4.98 Å². The number of carboxylic acid groups (broad SMARTS) is 1. The maximum atomic E-state index is 11.0. The van der Waals surface area contributed by atoms with Crippen molar-refractivity contribution < 1.29 is 9.90 Å². The molecule has 2 aromatic carbocycles. The molecule has 3 aromatic rings. The highest BCUT2D eigenvalue weighted by molar-refractivity contribution is 6.30. The van der Waals surface area contributed by atoms with E-state index >= 15 is 0 Å². The minimum Gasteiger partial charge on any atom is -0.478 e.